The van der Waals surface area contributed by atoms with Crippen LogP contribution in [0.3, 0.4) is 0 Å². The maximum absolute atomic E-state index is 11.8. The van der Waals surface area contributed by atoms with Crippen molar-refractivity contribution in [3.8, 4) is 5.75 Å². The van der Waals surface area contributed by atoms with Crippen molar-refractivity contribution in [3.05, 3.63) is 68.2 Å². The summed E-state index contributed by atoms with van der Waals surface area (Å²) in [4.78, 5) is 22.0. The summed E-state index contributed by atoms with van der Waals surface area (Å²) in [6.07, 6.45) is 1.24. The van der Waals surface area contributed by atoms with Gasteiger partial charge < -0.3 is 4.74 Å². The number of aryl methyl sites for hydroxylation is 2. The largest absolute Gasteiger partial charge is 0.483 e. The molecule has 0 heterocycles. The number of benzene rings is 2. The van der Waals surface area contributed by atoms with E-state index in [9.17, 15) is 14.9 Å². The molecule has 0 aromatic heterocycles. The van der Waals surface area contributed by atoms with Crippen molar-refractivity contribution in [2.45, 2.75) is 13.8 Å². The molecule has 2 aromatic rings. The number of carbonyl (C=O) groups is 1. The summed E-state index contributed by atoms with van der Waals surface area (Å²) >= 11 is 5.94. The Balaban J connectivity index is 1.93. The smallest absolute Gasteiger partial charge is 0.277 e. The Bertz CT molecular complexity index is 837. The third kappa shape index (κ3) is 5.29. The van der Waals surface area contributed by atoms with Gasteiger partial charge in [-0.2, -0.15) is 5.10 Å². The maximum atomic E-state index is 11.8. The van der Waals surface area contributed by atoms with E-state index in [1.807, 2.05) is 32.0 Å². The van der Waals surface area contributed by atoms with Crippen molar-refractivity contribution in [2.24, 2.45) is 5.10 Å². The standard InChI is InChI=1S/C17H16ClN3O4/c1-11-3-4-12(2)16(7-11)25-10-17(22)20-19-9-13-8-14(21(23)24)5-6-15(13)18/h3-9H,10H2,1-2H3,(H,20,22)/b19-9+. The number of hydrogen-bond acceptors (Lipinski definition) is 5. The number of hydrazone groups is 1. The van der Waals surface area contributed by atoms with Crippen molar-refractivity contribution in [3.63, 3.8) is 0 Å². The molecule has 0 radical (unpaired) electrons. The van der Waals surface area contributed by atoms with E-state index in [0.29, 0.717) is 11.3 Å². The SMILES string of the molecule is Cc1ccc(C)c(OCC(=O)N/N=C/c2cc([N+](=O)[O-])ccc2Cl)c1. The number of amides is 1. The molecular weight excluding hydrogens is 346 g/mol. The molecule has 0 unspecified atom stereocenters. The molecule has 130 valence electrons. The minimum absolute atomic E-state index is 0.115. The summed E-state index contributed by atoms with van der Waals surface area (Å²) < 4.78 is 5.46. The lowest BCUT2D eigenvalue weighted by Crippen LogP contribution is -2.24. The lowest BCUT2D eigenvalue weighted by Gasteiger charge is -2.08. The number of carbonyl (C=O) groups excluding carboxylic acids is 1. The van der Waals surface area contributed by atoms with Gasteiger partial charge in [0.15, 0.2) is 6.61 Å². The molecule has 0 spiro atoms. The summed E-state index contributed by atoms with van der Waals surface area (Å²) in [5, 5.41) is 14.8. The van der Waals surface area contributed by atoms with Crippen LogP contribution in [0.2, 0.25) is 5.02 Å². The number of halogens is 1. The molecule has 2 rings (SSSR count). The van der Waals surface area contributed by atoms with Crippen LogP contribution in [0.5, 0.6) is 5.75 Å². The van der Waals surface area contributed by atoms with Gasteiger partial charge in [0.2, 0.25) is 0 Å². The van der Waals surface area contributed by atoms with Gasteiger partial charge in [-0.1, -0.05) is 23.7 Å². The van der Waals surface area contributed by atoms with Crippen LogP contribution in [0.1, 0.15) is 16.7 Å². The molecule has 1 N–H and O–H groups in total. The molecule has 0 saturated carbocycles. The third-order valence-electron chi connectivity index (χ3n) is 3.29. The monoisotopic (exact) mass is 361 g/mol. The lowest BCUT2D eigenvalue weighted by molar-refractivity contribution is -0.384. The van der Waals surface area contributed by atoms with Crippen LogP contribution in [0.15, 0.2) is 41.5 Å². The predicted octanol–water partition coefficient (Wildman–Crippen LogP) is 3.39. The van der Waals surface area contributed by atoms with Gasteiger partial charge in [-0.15, -0.1) is 0 Å². The fraction of sp³-hybridized carbons (Fsp3) is 0.176. The van der Waals surface area contributed by atoms with Gasteiger partial charge in [0, 0.05) is 22.7 Å². The Morgan fingerprint density at radius 2 is 2.08 bits per heavy atom. The second-order valence-electron chi connectivity index (χ2n) is 5.31. The molecule has 0 bridgehead atoms. The van der Waals surface area contributed by atoms with E-state index in [-0.39, 0.29) is 17.3 Å². The number of nitro benzene ring substituents is 1. The van der Waals surface area contributed by atoms with E-state index in [1.165, 1.54) is 24.4 Å². The number of nitrogens with one attached hydrogen (secondary N) is 1. The van der Waals surface area contributed by atoms with Crippen LogP contribution < -0.4 is 10.2 Å². The number of non-ortho nitro benzene ring substituents is 1. The zero-order valence-corrected chi connectivity index (χ0v) is 14.4. The summed E-state index contributed by atoms with van der Waals surface area (Å²) in [7, 11) is 0. The molecule has 1 amide bonds. The molecule has 0 aliphatic heterocycles. The zero-order chi connectivity index (χ0) is 18.4. The van der Waals surface area contributed by atoms with Crippen LogP contribution in [0, 0.1) is 24.0 Å². The number of nitro groups is 1. The molecule has 0 aliphatic carbocycles. The maximum Gasteiger partial charge on any atom is 0.277 e. The minimum atomic E-state index is -0.537. The van der Waals surface area contributed by atoms with Crippen LogP contribution in [-0.2, 0) is 4.79 Å². The Hall–Kier alpha value is -2.93. The summed E-state index contributed by atoms with van der Waals surface area (Å²) in [6.45, 7) is 3.61. The zero-order valence-electron chi connectivity index (χ0n) is 13.7. The van der Waals surface area contributed by atoms with Gasteiger partial charge in [-0.05, 0) is 37.1 Å². The molecule has 2 aromatic carbocycles. The molecule has 8 heteroatoms. The molecule has 0 saturated heterocycles. The lowest BCUT2D eigenvalue weighted by atomic mass is 10.1. The van der Waals surface area contributed by atoms with E-state index in [2.05, 4.69) is 10.5 Å². The first kappa shape index (κ1) is 18.4. The third-order valence-corrected chi connectivity index (χ3v) is 3.63. The van der Waals surface area contributed by atoms with E-state index < -0.39 is 10.8 Å². The second kappa shape index (κ2) is 8.25. The Morgan fingerprint density at radius 1 is 1.32 bits per heavy atom. The summed E-state index contributed by atoms with van der Waals surface area (Å²) in [5.74, 6) is 0.166. The number of ether oxygens (including phenoxy) is 1. The molecular formula is C17H16ClN3O4. The normalized spacial score (nSPS) is 10.7. The van der Waals surface area contributed by atoms with Crippen LogP contribution in [0.4, 0.5) is 5.69 Å². The highest BCUT2D eigenvalue weighted by Crippen LogP contribution is 2.20. The number of hydrogen-bond donors (Lipinski definition) is 1. The van der Waals surface area contributed by atoms with Gasteiger partial charge in [0.05, 0.1) is 11.1 Å². The van der Waals surface area contributed by atoms with Crippen LogP contribution in [-0.4, -0.2) is 23.7 Å². The Kier molecular flexibility index (Phi) is 6.08. The first-order valence-corrected chi connectivity index (χ1v) is 7.70. The first-order chi connectivity index (χ1) is 11.9. The van der Waals surface area contributed by atoms with Crippen molar-refractivity contribution in [2.75, 3.05) is 6.61 Å². The second-order valence-corrected chi connectivity index (χ2v) is 5.72. The summed E-state index contributed by atoms with van der Waals surface area (Å²) in [5.41, 5.74) is 4.45. The van der Waals surface area contributed by atoms with E-state index in [4.69, 9.17) is 16.3 Å². The molecule has 0 atom stereocenters. The molecule has 25 heavy (non-hydrogen) atoms. The molecule has 0 fully saturated rings. The topological polar surface area (TPSA) is 93.8 Å². The van der Waals surface area contributed by atoms with Gasteiger partial charge in [-0.25, -0.2) is 5.43 Å². The van der Waals surface area contributed by atoms with Crippen molar-refractivity contribution in [1.82, 2.24) is 5.43 Å². The fourth-order valence-corrected chi connectivity index (χ4v) is 2.12. The highest BCUT2D eigenvalue weighted by molar-refractivity contribution is 6.33. The van der Waals surface area contributed by atoms with E-state index in [1.54, 1.807) is 0 Å². The van der Waals surface area contributed by atoms with Gasteiger partial charge in [0.25, 0.3) is 11.6 Å². The van der Waals surface area contributed by atoms with Crippen LogP contribution in [0.25, 0.3) is 0 Å². The predicted molar refractivity (Wildman–Crippen MR) is 95.3 cm³/mol. The highest BCUT2D eigenvalue weighted by Gasteiger charge is 2.09. The van der Waals surface area contributed by atoms with Crippen molar-refractivity contribution in [1.29, 1.82) is 0 Å². The van der Waals surface area contributed by atoms with Crippen molar-refractivity contribution >= 4 is 29.4 Å². The van der Waals surface area contributed by atoms with E-state index in [0.717, 1.165) is 11.1 Å². The summed E-state index contributed by atoms with van der Waals surface area (Å²) in [6, 6.07) is 9.66. The van der Waals surface area contributed by atoms with Gasteiger partial charge >= 0.3 is 0 Å². The van der Waals surface area contributed by atoms with Crippen molar-refractivity contribution < 1.29 is 14.5 Å². The molecule has 7 nitrogen and oxygen atoms in total. The van der Waals surface area contributed by atoms with Gasteiger partial charge in [0.1, 0.15) is 5.75 Å². The molecule has 0 aliphatic rings. The fourth-order valence-electron chi connectivity index (χ4n) is 1.96. The van der Waals surface area contributed by atoms with E-state index >= 15 is 0 Å². The minimum Gasteiger partial charge on any atom is -0.483 e. The average Bonchev–Trinajstić information content (AvgIpc) is 2.57. The van der Waals surface area contributed by atoms with Gasteiger partial charge in [-0.3, -0.25) is 14.9 Å². The Morgan fingerprint density at radius 3 is 2.80 bits per heavy atom. The Labute approximate surface area is 149 Å². The van der Waals surface area contributed by atoms with Crippen LogP contribution >= 0.6 is 11.6 Å². The first-order valence-electron chi connectivity index (χ1n) is 7.32. The quantitative estimate of drug-likeness (QED) is 0.484. The average molecular weight is 362 g/mol. The number of nitrogens with zero attached hydrogens (tertiary/aromatic N) is 2. The number of rotatable bonds is 6. The highest BCUT2D eigenvalue weighted by atomic mass is 35.5.